The van der Waals surface area contributed by atoms with Crippen molar-refractivity contribution in [3.63, 3.8) is 0 Å². The number of carbonyl (C=O) groups is 1. The molecule has 0 amide bonds. The molecule has 20 heavy (non-hydrogen) atoms. The highest BCUT2D eigenvalue weighted by atomic mass is 16.6. The number of hydrogen-bond donors (Lipinski definition) is 1. The summed E-state index contributed by atoms with van der Waals surface area (Å²) in [6, 6.07) is 14.3. The van der Waals surface area contributed by atoms with Crippen molar-refractivity contribution < 1.29 is 14.8 Å². The number of rotatable bonds is 5. The number of nitro groups is 1. The van der Waals surface area contributed by atoms with E-state index in [1.54, 1.807) is 24.3 Å². The minimum atomic E-state index is -0.876. The van der Waals surface area contributed by atoms with Gasteiger partial charge < -0.3 is 5.11 Å². The number of nitrogens with zero attached hydrogens (tertiary/aromatic N) is 1. The molecule has 0 saturated heterocycles. The van der Waals surface area contributed by atoms with E-state index < -0.39 is 11.0 Å². The largest absolute Gasteiger partial charge is 0.388 e. The van der Waals surface area contributed by atoms with Gasteiger partial charge in [-0.25, -0.2) is 0 Å². The molecule has 2 aromatic carbocycles. The highest BCUT2D eigenvalue weighted by Gasteiger charge is 2.15. The number of aliphatic hydroxyl groups is 1. The molecular weight excluding hydrogens is 258 g/mol. The van der Waals surface area contributed by atoms with E-state index in [1.807, 2.05) is 6.07 Å². The summed E-state index contributed by atoms with van der Waals surface area (Å²) < 4.78 is 0. The Morgan fingerprint density at radius 3 is 2.25 bits per heavy atom. The number of aliphatic hydroxyl groups excluding tert-OH is 1. The van der Waals surface area contributed by atoms with Crippen LogP contribution in [0.5, 0.6) is 0 Å². The fourth-order valence-corrected chi connectivity index (χ4v) is 1.86. The first-order chi connectivity index (χ1) is 9.58. The summed E-state index contributed by atoms with van der Waals surface area (Å²) in [6.07, 6.45) is -0.930. The summed E-state index contributed by atoms with van der Waals surface area (Å²) >= 11 is 0. The summed E-state index contributed by atoms with van der Waals surface area (Å²) in [5.41, 5.74) is 0.957. The molecule has 1 N–H and O–H groups in total. The zero-order valence-corrected chi connectivity index (χ0v) is 10.6. The molecule has 1 atom stereocenters. The predicted molar refractivity (Wildman–Crippen MR) is 73.4 cm³/mol. The molecule has 0 fully saturated rings. The van der Waals surface area contributed by atoms with Gasteiger partial charge in [0.25, 0.3) is 5.69 Å². The molecule has 1 unspecified atom stereocenters. The zero-order chi connectivity index (χ0) is 14.5. The van der Waals surface area contributed by atoms with E-state index in [9.17, 15) is 20.0 Å². The quantitative estimate of drug-likeness (QED) is 0.515. The summed E-state index contributed by atoms with van der Waals surface area (Å²) in [7, 11) is 0. The molecule has 2 aromatic rings. The van der Waals surface area contributed by atoms with Crippen LogP contribution in [0.15, 0.2) is 54.6 Å². The lowest BCUT2D eigenvalue weighted by Crippen LogP contribution is -2.07. The van der Waals surface area contributed by atoms with Gasteiger partial charge in [0, 0.05) is 24.1 Å². The molecule has 0 aliphatic rings. The molecule has 0 spiro atoms. The van der Waals surface area contributed by atoms with Crippen LogP contribution in [0.4, 0.5) is 5.69 Å². The number of hydrogen-bond acceptors (Lipinski definition) is 4. The minimum Gasteiger partial charge on any atom is -0.388 e. The van der Waals surface area contributed by atoms with Crippen LogP contribution in [-0.4, -0.2) is 15.8 Å². The maximum atomic E-state index is 12.0. The van der Waals surface area contributed by atoms with Crippen LogP contribution in [0, 0.1) is 10.1 Å². The molecular formula is C15H13NO4. The van der Waals surface area contributed by atoms with Crippen molar-refractivity contribution >= 4 is 11.5 Å². The lowest BCUT2D eigenvalue weighted by Gasteiger charge is -2.09. The van der Waals surface area contributed by atoms with Crippen molar-refractivity contribution in [2.75, 3.05) is 0 Å². The van der Waals surface area contributed by atoms with Crippen molar-refractivity contribution in [1.29, 1.82) is 0 Å². The normalized spacial score (nSPS) is 11.8. The average molecular weight is 271 g/mol. The Hall–Kier alpha value is -2.53. The monoisotopic (exact) mass is 271 g/mol. The number of Topliss-reactive ketones (excluding diaryl/α,β-unsaturated/α-hetero) is 1. The Morgan fingerprint density at radius 1 is 1.10 bits per heavy atom. The fraction of sp³-hybridized carbons (Fsp3) is 0.133. The maximum Gasteiger partial charge on any atom is 0.269 e. The number of nitro benzene ring substituents is 1. The molecule has 0 aliphatic carbocycles. The second kappa shape index (κ2) is 6.08. The Kier molecular flexibility index (Phi) is 4.22. The summed E-state index contributed by atoms with van der Waals surface area (Å²) in [6.45, 7) is 0. The molecule has 5 heteroatoms. The molecule has 0 aromatic heterocycles. The summed E-state index contributed by atoms with van der Waals surface area (Å²) in [5.74, 6) is -0.253. The van der Waals surface area contributed by atoms with E-state index in [0.29, 0.717) is 11.1 Å². The van der Waals surface area contributed by atoms with Crippen LogP contribution in [0.1, 0.15) is 28.4 Å². The standard InChI is InChI=1S/C15H13NO4/c17-14(11-4-2-1-3-5-11)10-15(18)12-6-8-13(9-7-12)16(19)20/h1-9,14,17H,10H2. The average Bonchev–Trinajstić information content (AvgIpc) is 2.48. The third-order valence-electron chi connectivity index (χ3n) is 2.96. The molecule has 2 rings (SSSR count). The van der Waals surface area contributed by atoms with Gasteiger partial charge in [-0.2, -0.15) is 0 Å². The van der Waals surface area contributed by atoms with Crippen LogP contribution in [0.3, 0.4) is 0 Å². The lowest BCUT2D eigenvalue weighted by atomic mass is 10.0. The van der Waals surface area contributed by atoms with Crippen molar-refractivity contribution in [2.24, 2.45) is 0 Å². The molecule has 0 heterocycles. The van der Waals surface area contributed by atoms with E-state index in [0.717, 1.165) is 0 Å². The van der Waals surface area contributed by atoms with E-state index in [-0.39, 0.29) is 17.9 Å². The molecule has 5 nitrogen and oxygen atoms in total. The Morgan fingerprint density at radius 2 is 1.70 bits per heavy atom. The third kappa shape index (κ3) is 3.27. The van der Waals surface area contributed by atoms with E-state index in [2.05, 4.69) is 0 Å². The topological polar surface area (TPSA) is 80.4 Å². The third-order valence-corrected chi connectivity index (χ3v) is 2.96. The summed E-state index contributed by atoms with van der Waals surface area (Å²) in [4.78, 5) is 22.0. The number of carbonyl (C=O) groups excluding carboxylic acids is 1. The molecule has 0 bridgehead atoms. The first kappa shape index (κ1) is 13.9. The molecule has 0 radical (unpaired) electrons. The predicted octanol–water partition coefficient (Wildman–Crippen LogP) is 2.90. The van der Waals surface area contributed by atoms with Crippen LogP contribution >= 0.6 is 0 Å². The van der Waals surface area contributed by atoms with Gasteiger partial charge in [-0.15, -0.1) is 0 Å². The van der Waals surface area contributed by atoms with Crippen molar-refractivity contribution in [3.8, 4) is 0 Å². The zero-order valence-electron chi connectivity index (χ0n) is 10.6. The molecule has 0 aliphatic heterocycles. The van der Waals surface area contributed by atoms with Crippen molar-refractivity contribution in [2.45, 2.75) is 12.5 Å². The SMILES string of the molecule is O=C(CC(O)c1ccccc1)c1ccc([N+](=O)[O-])cc1. The fourth-order valence-electron chi connectivity index (χ4n) is 1.86. The number of benzene rings is 2. The second-order valence-electron chi connectivity index (χ2n) is 4.36. The first-order valence-electron chi connectivity index (χ1n) is 6.08. The van der Waals surface area contributed by atoms with Crippen LogP contribution in [0.2, 0.25) is 0 Å². The van der Waals surface area contributed by atoms with Gasteiger partial charge in [0.2, 0.25) is 0 Å². The summed E-state index contributed by atoms with van der Waals surface area (Å²) in [5, 5.41) is 20.5. The molecule has 0 saturated carbocycles. The van der Waals surface area contributed by atoms with E-state index in [1.165, 1.54) is 24.3 Å². The highest BCUT2D eigenvalue weighted by Crippen LogP contribution is 2.20. The van der Waals surface area contributed by atoms with E-state index in [4.69, 9.17) is 0 Å². The number of non-ortho nitro benzene ring substituents is 1. The highest BCUT2D eigenvalue weighted by molar-refractivity contribution is 5.96. The van der Waals surface area contributed by atoms with E-state index >= 15 is 0 Å². The smallest absolute Gasteiger partial charge is 0.269 e. The molecule has 102 valence electrons. The van der Waals surface area contributed by atoms with Gasteiger partial charge in [-0.1, -0.05) is 30.3 Å². The lowest BCUT2D eigenvalue weighted by molar-refractivity contribution is -0.384. The first-order valence-corrected chi connectivity index (χ1v) is 6.08. The van der Waals surface area contributed by atoms with Gasteiger partial charge in [0.1, 0.15) is 0 Å². The van der Waals surface area contributed by atoms with Gasteiger partial charge >= 0.3 is 0 Å². The van der Waals surface area contributed by atoms with Gasteiger partial charge in [0.05, 0.1) is 11.0 Å². The van der Waals surface area contributed by atoms with Crippen LogP contribution < -0.4 is 0 Å². The van der Waals surface area contributed by atoms with Crippen LogP contribution in [0.25, 0.3) is 0 Å². The van der Waals surface area contributed by atoms with Gasteiger partial charge in [0.15, 0.2) is 5.78 Å². The second-order valence-corrected chi connectivity index (χ2v) is 4.36. The Labute approximate surface area is 115 Å². The maximum absolute atomic E-state index is 12.0. The van der Waals surface area contributed by atoms with Crippen LogP contribution in [-0.2, 0) is 0 Å². The minimum absolute atomic E-state index is 0.0537. The van der Waals surface area contributed by atoms with Gasteiger partial charge in [-0.3, -0.25) is 14.9 Å². The van der Waals surface area contributed by atoms with Crippen molar-refractivity contribution in [1.82, 2.24) is 0 Å². The Balaban J connectivity index is 2.06. The van der Waals surface area contributed by atoms with Crippen molar-refractivity contribution in [3.05, 3.63) is 75.8 Å². The van der Waals surface area contributed by atoms with Gasteiger partial charge in [-0.05, 0) is 17.7 Å². The Bertz CT molecular complexity index is 608. The number of ketones is 1.